The molecular formula is C30H27Cl2N3O5. The second kappa shape index (κ2) is 10.0. The van der Waals surface area contributed by atoms with Gasteiger partial charge in [-0.2, -0.15) is 5.10 Å². The van der Waals surface area contributed by atoms with Crippen LogP contribution in [0.2, 0.25) is 10.0 Å². The standard InChI is InChI=1S/C30H27Cl2N3O5/c1-30(2)16-39-8-7-34(30)29(37)27-24-15-40-26-14-25(38-3)22(17-5-4-6-21(36)9-17)13-23(26)28(24)35(33-27)20-11-18(31)10-19(32)12-20/h4-6,9-14,36H,7-8,15-16H2,1-3H3. The van der Waals surface area contributed by atoms with Crippen LogP contribution < -0.4 is 9.47 Å². The highest BCUT2D eigenvalue weighted by Crippen LogP contribution is 2.46. The summed E-state index contributed by atoms with van der Waals surface area (Å²) in [5, 5.41) is 15.9. The molecule has 1 fully saturated rings. The molecule has 10 heteroatoms. The summed E-state index contributed by atoms with van der Waals surface area (Å²) in [7, 11) is 1.58. The van der Waals surface area contributed by atoms with Crippen LogP contribution in [0.3, 0.4) is 0 Å². The fourth-order valence-electron chi connectivity index (χ4n) is 5.33. The van der Waals surface area contributed by atoms with Crippen LogP contribution in [0.5, 0.6) is 17.2 Å². The first-order valence-electron chi connectivity index (χ1n) is 12.8. The Hall–Kier alpha value is -3.72. The maximum atomic E-state index is 14.0. The zero-order valence-corrected chi connectivity index (χ0v) is 23.7. The molecule has 3 aromatic carbocycles. The maximum Gasteiger partial charge on any atom is 0.275 e. The van der Waals surface area contributed by atoms with Gasteiger partial charge in [0, 0.05) is 39.3 Å². The summed E-state index contributed by atoms with van der Waals surface area (Å²) in [5.74, 6) is 1.09. The van der Waals surface area contributed by atoms with Gasteiger partial charge in [-0.3, -0.25) is 4.79 Å². The molecule has 1 N–H and O–H groups in total. The first-order valence-corrected chi connectivity index (χ1v) is 13.5. The normalized spacial score (nSPS) is 15.7. The highest BCUT2D eigenvalue weighted by Gasteiger charge is 2.39. The van der Waals surface area contributed by atoms with E-state index in [9.17, 15) is 9.90 Å². The molecule has 1 aromatic heterocycles. The van der Waals surface area contributed by atoms with E-state index in [-0.39, 0.29) is 18.3 Å². The molecule has 6 rings (SSSR count). The van der Waals surface area contributed by atoms with E-state index in [1.54, 1.807) is 53.1 Å². The number of carbonyl (C=O) groups excluding carboxylic acids is 1. The number of ether oxygens (including phenoxy) is 3. The summed E-state index contributed by atoms with van der Waals surface area (Å²) in [5.41, 5.74) is 3.96. The SMILES string of the molecule is COc1cc2c(cc1-c1cccc(O)c1)-c1c(c(C(=O)N3CCOCC3(C)C)nn1-c1cc(Cl)cc(Cl)c1)CO2. The van der Waals surface area contributed by atoms with Crippen molar-refractivity contribution in [2.75, 3.05) is 26.9 Å². The molecule has 2 aliphatic heterocycles. The number of methoxy groups -OCH3 is 1. The van der Waals surface area contributed by atoms with Crippen molar-refractivity contribution < 1.29 is 24.1 Å². The quantitative estimate of drug-likeness (QED) is 0.302. The van der Waals surface area contributed by atoms with Gasteiger partial charge in [0.15, 0.2) is 5.69 Å². The number of fused-ring (bicyclic) bond motifs is 3. The number of rotatable bonds is 4. The summed E-state index contributed by atoms with van der Waals surface area (Å²) >= 11 is 12.8. The van der Waals surface area contributed by atoms with Gasteiger partial charge in [0.05, 0.1) is 37.2 Å². The van der Waals surface area contributed by atoms with Crippen molar-refractivity contribution >= 4 is 29.1 Å². The van der Waals surface area contributed by atoms with Crippen LogP contribution >= 0.6 is 23.2 Å². The molecule has 0 bridgehead atoms. The van der Waals surface area contributed by atoms with Crippen molar-refractivity contribution in [1.82, 2.24) is 14.7 Å². The average Bonchev–Trinajstić information content (AvgIpc) is 3.31. The van der Waals surface area contributed by atoms with Crippen LogP contribution in [0, 0.1) is 0 Å². The number of phenols is 1. The molecule has 1 amide bonds. The number of benzene rings is 3. The van der Waals surface area contributed by atoms with Crippen molar-refractivity contribution in [2.24, 2.45) is 0 Å². The third-order valence-corrected chi connectivity index (χ3v) is 7.69. The molecule has 0 radical (unpaired) electrons. The smallest absolute Gasteiger partial charge is 0.275 e. The zero-order valence-electron chi connectivity index (χ0n) is 22.2. The lowest BCUT2D eigenvalue weighted by atomic mass is 9.95. The predicted octanol–water partition coefficient (Wildman–Crippen LogP) is 6.37. The van der Waals surface area contributed by atoms with E-state index in [0.717, 1.165) is 11.1 Å². The van der Waals surface area contributed by atoms with Gasteiger partial charge in [-0.05, 0) is 55.8 Å². The van der Waals surface area contributed by atoms with Gasteiger partial charge in [-0.15, -0.1) is 0 Å². The Morgan fingerprint density at radius 3 is 2.55 bits per heavy atom. The molecule has 0 aliphatic carbocycles. The van der Waals surface area contributed by atoms with Gasteiger partial charge < -0.3 is 24.2 Å². The van der Waals surface area contributed by atoms with Crippen molar-refractivity contribution in [2.45, 2.75) is 26.0 Å². The lowest BCUT2D eigenvalue weighted by Gasteiger charge is -2.41. The molecule has 40 heavy (non-hydrogen) atoms. The number of carbonyl (C=O) groups is 1. The average molecular weight is 580 g/mol. The molecular weight excluding hydrogens is 553 g/mol. The minimum absolute atomic E-state index is 0.133. The Balaban J connectivity index is 1.60. The number of nitrogens with zero attached hydrogens (tertiary/aromatic N) is 3. The highest BCUT2D eigenvalue weighted by atomic mass is 35.5. The number of morpholine rings is 1. The molecule has 0 atom stereocenters. The fourth-order valence-corrected chi connectivity index (χ4v) is 5.84. The van der Waals surface area contributed by atoms with E-state index >= 15 is 0 Å². The van der Waals surface area contributed by atoms with Gasteiger partial charge in [-0.1, -0.05) is 35.3 Å². The van der Waals surface area contributed by atoms with Crippen molar-refractivity contribution in [3.8, 4) is 45.3 Å². The Bertz CT molecular complexity index is 1630. The van der Waals surface area contributed by atoms with E-state index < -0.39 is 5.54 Å². The Kier molecular flexibility index (Phi) is 6.65. The number of aromatic hydroxyl groups is 1. The van der Waals surface area contributed by atoms with Crippen LogP contribution in [0.25, 0.3) is 28.1 Å². The summed E-state index contributed by atoms with van der Waals surface area (Å²) in [6, 6.07) is 15.8. The lowest BCUT2D eigenvalue weighted by molar-refractivity contribution is -0.0374. The molecule has 0 spiro atoms. The number of phenolic OH excluding ortho intramolecular Hbond substituents is 1. The first-order chi connectivity index (χ1) is 19.2. The van der Waals surface area contributed by atoms with Crippen LogP contribution in [0.15, 0.2) is 54.6 Å². The summed E-state index contributed by atoms with van der Waals surface area (Å²) in [6.07, 6.45) is 0. The number of hydrogen-bond acceptors (Lipinski definition) is 6. The summed E-state index contributed by atoms with van der Waals surface area (Å²) < 4.78 is 19.2. The third kappa shape index (κ3) is 4.56. The molecule has 0 saturated carbocycles. The molecule has 2 aliphatic rings. The van der Waals surface area contributed by atoms with Crippen LogP contribution in [-0.2, 0) is 11.3 Å². The van der Waals surface area contributed by atoms with E-state index in [4.69, 9.17) is 42.5 Å². The highest BCUT2D eigenvalue weighted by molar-refractivity contribution is 6.34. The minimum Gasteiger partial charge on any atom is -0.508 e. The fraction of sp³-hybridized carbons (Fsp3) is 0.267. The Morgan fingerprint density at radius 1 is 1.07 bits per heavy atom. The van der Waals surface area contributed by atoms with Gasteiger partial charge in [-0.25, -0.2) is 4.68 Å². The number of amides is 1. The first kappa shape index (κ1) is 26.5. The van der Waals surface area contributed by atoms with Crippen molar-refractivity contribution in [3.05, 3.63) is 75.9 Å². The largest absolute Gasteiger partial charge is 0.508 e. The molecule has 4 aromatic rings. The number of hydrogen-bond donors (Lipinski definition) is 1. The summed E-state index contributed by atoms with van der Waals surface area (Å²) in [4.78, 5) is 15.8. The van der Waals surface area contributed by atoms with Crippen LogP contribution in [0.4, 0.5) is 0 Å². The van der Waals surface area contributed by atoms with Crippen molar-refractivity contribution in [1.29, 1.82) is 0 Å². The molecule has 206 valence electrons. The number of aromatic nitrogens is 2. The molecule has 8 nitrogen and oxygen atoms in total. The molecule has 3 heterocycles. The topological polar surface area (TPSA) is 86.0 Å². The lowest BCUT2D eigenvalue weighted by Crippen LogP contribution is -2.55. The predicted molar refractivity (Wildman–Crippen MR) is 153 cm³/mol. The Labute approximate surface area is 241 Å². The second-order valence-electron chi connectivity index (χ2n) is 10.4. The van der Waals surface area contributed by atoms with E-state index in [1.165, 1.54) is 0 Å². The van der Waals surface area contributed by atoms with Crippen molar-refractivity contribution in [3.63, 3.8) is 0 Å². The van der Waals surface area contributed by atoms with Gasteiger partial charge in [0.2, 0.25) is 0 Å². The van der Waals surface area contributed by atoms with E-state index in [2.05, 4.69) is 0 Å². The minimum atomic E-state index is -0.505. The van der Waals surface area contributed by atoms with Crippen LogP contribution in [0.1, 0.15) is 29.9 Å². The van der Waals surface area contributed by atoms with E-state index in [0.29, 0.717) is 69.5 Å². The maximum absolute atomic E-state index is 14.0. The van der Waals surface area contributed by atoms with Gasteiger partial charge >= 0.3 is 0 Å². The summed E-state index contributed by atoms with van der Waals surface area (Å²) in [6.45, 7) is 5.42. The van der Waals surface area contributed by atoms with Crippen LogP contribution in [-0.4, -0.2) is 58.1 Å². The number of halogens is 2. The zero-order chi connectivity index (χ0) is 28.2. The van der Waals surface area contributed by atoms with Gasteiger partial charge in [0.1, 0.15) is 23.9 Å². The third-order valence-electron chi connectivity index (χ3n) is 7.25. The second-order valence-corrected chi connectivity index (χ2v) is 11.3. The Morgan fingerprint density at radius 2 is 1.85 bits per heavy atom. The monoisotopic (exact) mass is 579 g/mol. The van der Waals surface area contributed by atoms with E-state index in [1.807, 2.05) is 32.0 Å². The molecule has 0 unspecified atom stereocenters. The molecule has 1 saturated heterocycles. The van der Waals surface area contributed by atoms with Gasteiger partial charge in [0.25, 0.3) is 5.91 Å².